The smallest absolute Gasteiger partial charge is 0.281 e. The Bertz CT molecular complexity index is 816. The highest BCUT2D eigenvalue weighted by atomic mass is 79.9. The van der Waals surface area contributed by atoms with Gasteiger partial charge < -0.3 is 5.32 Å². The van der Waals surface area contributed by atoms with Crippen LogP contribution in [0.25, 0.3) is 6.08 Å². The number of thiocarbonyl (C=S) groups is 1. The highest BCUT2D eigenvalue weighted by Crippen LogP contribution is 2.24. The quantitative estimate of drug-likeness (QED) is 0.631. The predicted molar refractivity (Wildman–Crippen MR) is 101 cm³/mol. The summed E-state index contributed by atoms with van der Waals surface area (Å²) in [5.74, 6) is -0.136. The minimum atomic E-state index is -0.136. The third-order valence-electron chi connectivity index (χ3n) is 3.61. The first-order valence-corrected chi connectivity index (χ1v) is 8.50. The minimum Gasteiger partial charge on any atom is -0.327 e. The zero-order chi connectivity index (χ0) is 16.4. The van der Waals surface area contributed by atoms with Crippen molar-refractivity contribution in [1.82, 2.24) is 5.32 Å². The Morgan fingerprint density at radius 2 is 2.00 bits per heavy atom. The summed E-state index contributed by atoms with van der Waals surface area (Å²) < 4.78 is 0.965. The summed E-state index contributed by atoms with van der Waals surface area (Å²) >= 11 is 8.77. The van der Waals surface area contributed by atoms with E-state index in [1.54, 1.807) is 0 Å². The van der Waals surface area contributed by atoms with Gasteiger partial charge in [-0.25, -0.2) is 0 Å². The molecule has 0 saturated carbocycles. The van der Waals surface area contributed by atoms with Crippen molar-refractivity contribution in [1.29, 1.82) is 0 Å². The van der Waals surface area contributed by atoms with Crippen LogP contribution in [0.15, 0.2) is 58.7 Å². The van der Waals surface area contributed by atoms with E-state index >= 15 is 0 Å². The number of rotatable bonds is 3. The van der Waals surface area contributed by atoms with Crippen LogP contribution in [-0.2, 0) is 11.2 Å². The van der Waals surface area contributed by atoms with Gasteiger partial charge in [0.1, 0.15) is 5.70 Å². The third-order valence-corrected chi connectivity index (χ3v) is 4.39. The number of carbonyl (C=O) groups is 1. The molecule has 1 aliphatic rings. The number of benzene rings is 2. The van der Waals surface area contributed by atoms with Crippen LogP contribution in [-0.4, -0.2) is 11.0 Å². The lowest BCUT2D eigenvalue weighted by atomic mass is 10.1. The van der Waals surface area contributed by atoms with Gasteiger partial charge >= 0.3 is 0 Å². The summed E-state index contributed by atoms with van der Waals surface area (Å²) in [7, 11) is 0. The molecule has 2 aromatic carbocycles. The lowest BCUT2D eigenvalue weighted by molar-refractivity contribution is -0.113. The van der Waals surface area contributed by atoms with Crippen molar-refractivity contribution in [3.05, 3.63) is 69.8 Å². The van der Waals surface area contributed by atoms with Gasteiger partial charge in [0, 0.05) is 4.47 Å². The van der Waals surface area contributed by atoms with Crippen LogP contribution < -0.4 is 10.2 Å². The number of carbonyl (C=O) groups excluding carboxylic acids is 1. The van der Waals surface area contributed by atoms with E-state index in [1.807, 2.05) is 54.6 Å². The van der Waals surface area contributed by atoms with Gasteiger partial charge in [-0.15, -0.1) is 0 Å². The lowest BCUT2D eigenvalue weighted by Crippen LogP contribution is -2.30. The van der Waals surface area contributed by atoms with Crippen LogP contribution in [0.4, 0.5) is 5.69 Å². The van der Waals surface area contributed by atoms with Gasteiger partial charge in [-0.1, -0.05) is 47.1 Å². The fraction of sp³-hybridized carbons (Fsp3) is 0.111. The van der Waals surface area contributed by atoms with E-state index in [-0.39, 0.29) is 5.91 Å². The molecule has 0 unspecified atom stereocenters. The molecule has 5 heteroatoms. The molecule has 1 heterocycles. The molecule has 0 spiro atoms. The van der Waals surface area contributed by atoms with Gasteiger partial charge in [0.25, 0.3) is 5.91 Å². The molecule has 0 radical (unpaired) electrons. The van der Waals surface area contributed by atoms with Gasteiger partial charge in [-0.3, -0.25) is 9.69 Å². The molecular weight excluding hydrogens is 372 g/mol. The number of hydrogen-bond acceptors (Lipinski definition) is 2. The van der Waals surface area contributed by atoms with Gasteiger partial charge in [0.05, 0.1) is 5.69 Å². The summed E-state index contributed by atoms with van der Waals surface area (Å²) in [6, 6.07) is 15.6. The van der Waals surface area contributed by atoms with Gasteiger partial charge in [0.15, 0.2) is 5.11 Å². The SMILES string of the molecule is CCc1cccc(N2C(=O)/C(=C\c3cccc(Br)c3)NC2=S)c1. The topological polar surface area (TPSA) is 32.3 Å². The Morgan fingerprint density at radius 3 is 2.74 bits per heavy atom. The molecule has 0 atom stereocenters. The molecule has 0 bridgehead atoms. The van der Waals surface area contributed by atoms with Gasteiger partial charge in [-0.05, 0) is 60.1 Å². The van der Waals surface area contributed by atoms with Crippen LogP contribution in [0.3, 0.4) is 0 Å². The van der Waals surface area contributed by atoms with Crippen LogP contribution in [0.5, 0.6) is 0 Å². The molecule has 0 aliphatic carbocycles. The van der Waals surface area contributed by atoms with E-state index in [1.165, 1.54) is 10.5 Å². The Kier molecular flexibility index (Phi) is 4.59. The van der Waals surface area contributed by atoms with Crippen molar-refractivity contribution in [3.8, 4) is 0 Å². The molecule has 1 fully saturated rings. The average Bonchev–Trinajstić information content (AvgIpc) is 2.81. The normalized spacial score (nSPS) is 16.1. The lowest BCUT2D eigenvalue weighted by Gasteiger charge is -2.14. The molecule has 1 aliphatic heterocycles. The van der Waals surface area contributed by atoms with E-state index in [2.05, 4.69) is 28.2 Å². The summed E-state index contributed by atoms with van der Waals surface area (Å²) in [6.45, 7) is 2.08. The third kappa shape index (κ3) is 3.35. The molecule has 3 rings (SSSR count). The summed E-state index contributed by atoms with van der Waals surface area (Å²) in [6.07, 6.45) is 2.72. The number of aryl methyl sites for hydroxylation is 1. The van der Waals surface area contributed by atoms with E-state index in [9.17, 15) is 4.79 Å². The van der Waals surface area contributed by atoms with Crippen molar-refractivity contribution in [2.75, 3.05) is 4.90 Å². The molecule has 3 nitrogen and oxygen atoms in total. The Balaban J connectivity index is 1.93. The predicted octanol–water partition coefficient (Wildman–Crippen LogP) is 4.27. The first-order chi connectivity index (χ1) is 11.1. The maximum atomic E-state index is 12.7. The number of nitrogens with zero attached hydrogens (tertiary/aromatic N) is 1. The van der Waals surface area contributed by atoms with Crippen molar-refractivity contribution in [3.63, 3.8) is 0 Å². The molecule has 0 aromatic heterocycles. The monoisotopic (exact) mass is 386 g/mol. The molecule has 2 aromatic rings. The molecule has 1 amide bonds. The van der Waals surface area contributed by atoms with E-state index < -0.39 is 0 Å². The van der Waals surface area contributed by atoms with Crippen LogP contribution >= 0.6 is 28.1 Å². The minimum absolute atomic E-state index is 0.136. The molecule has 23 heavy (non-hydrogen) atoms. The Hall–Kier alpha value is -1.98. The number of halogens is 1. The first kappa shape index (κ1) is 15.9. The summed E-state index contributed by atoms with van der Waals surface area (Å²) in [4.78, 5) is 14.2. The zero-order valence-corrected chi connectivity index (χ0v) is 14.9. The maximum absolute atomic E-state index is 12.7. The fourth-order valence-corrected chi connectivity index (χ4v) is 3.16. The van der Waals surface area contributed by atoms with E-state index in [4.69, 9.17) is 12.2 Å². The highest BCUT2D eigenvalue weighted by Gasteiger charge is 2.31. The van der Waals surface area contributed by atoms with Crippen molar-refractivity contribution in [2.24, 2.45) is 0 Å². The number of amides is 1. The molecule has 1 saturated heterocycles. The van der Waals surface area contributed by atoms with E-state index in [0.29, 0.717) is 10.8 Å². The highest BCUT2D eigenvalue weighted by molar-refractivity contribution is 9.10. The average molecular weight is 387 g/mol. The summed E-state index contributed by atoms with van der Waals surface area (Å²) in [5.41, 5.74) is 3.38. The summed E-state index contributed by atoms with van der Waals surface area (Å²) in [5, 5.41) is 3.42. The Morgan fingerprint density at radius 1 is 1.22 bits per heavy atom. The van der Waals surface area contributed by atoms with Crippen LogP contribution in [0.2, 0.25) is 0 Å². The van der Waals surface area contributed by atoms with Gasteiger partial charge in [0.2, 0.25) is 0 Å². The second-order valence-electron chi connectivity index (χ2n) is 5.21. The fourth-order valence-electron chi connectivity index (χ4n) is 2.45. The molecular formula is C18H15BrN2OS. The first-order valence-electron chi connectivity index (χ1n) is 7.30. The number of nitrogens with one attached hydrogen (secondary N) is 1. The van der Waals surface area contributed by atoms with Crippen molar-refractivity contribution < 1.29 is 4.79 Å². The molecule has 116 valence electrons. The standard InChI is InChI=1S/C18H15BrN2OS/c1-2-12-5-4-8-15(10-12)21-17(22)16(20-18(21)23)11-13-6-3-7-14(19)9-13/h3-11H,2H2,1H3,(H,20,23)/b16-11+. The number of hydrogen-bond donors (Lipinski definition) is 1. The van der Waals surface area contributed by atoms with Crippen LogP contribution in [0.1, 0.15) is 18.1 Å². The zero-order valence-electron chi connectivity index (χ0n) is 12.5. The van der Waals surface area contributed by atoms with E-state index in [0.717, 1.165) is 22.1 Å². The second-order valence-corrected chi connectivity index (χ2v) is 6.51. The van der Waals surface area contributed by atoms with Crippen molar-refractivity contribution in [2.45, 2.75) is 13.3 Å². The van der Waals surface area contributed by atoms with Gasteiger partial charge in [-0.2, -0.15) is 0 Å². The van der Waals surface area contributed by atoms with Crippen molar-refractivity contribution >= 4 is 50.9 Å². The largest absolute Gasteiger partial charge is 0.327 e. The second kappa shape index (κ2) is 6.64. The number of anilines is 1. The maximum Gasteiger partial charge on any atom is 0.281 e. The Labute approximate surface area is 149 Å². The molecule has 1 N–H and O–H groups in total. The van der Waals surface area contributed by atoms with Crippen LogP contribution in [0, 0.1) is 0 Å².